The van der Waals surface area contributed by atoms with Gasteiger partial charge in [0.25, 0.3) is 0 Å². The number of H-pyrrole nitrogens is 1. The fourth-order valence-electron chi connectivity index (χ4n) is 1.50. The second-order valence-electron chi connectivity index (χ2n) is 3.94. The van der Waals surface area contributed by atoms with Crippen molar-refractivity contribution in [3.8, 4) is 0 Å². The van der Waals surface area contributed by atoms with Crippen LogP contribution < -0.4 is 11.1 Å². The third kappa shape index (κ3) is 2.82. The summed E-state index contributed by atoms with van der Waals surface area (Å²) >= 11 is 1.24. The molecular formula is C12H11N3O3S. The first-order chi connectivity index (χ1) is 9.01. The first kappa shape index (κ1) is 13.3. The molecule has 0 aliphatic carbocycles. The van der Waals surface area contributed by atoms with Crippen molar-refractivity contribution in [2.45, 2.75) is 17.0 Å². The third-order valence-electron chi connectivity index (χ3n) is 2.52. The Kier molecular flexibility index (Phi) is 3.66. The Morgan fingerprint density at radius 2 is 2.11 bits per heavy atom. The van der Waals surface area contributed by atoms with Crippen LogP contribution in [0, 0.1) is 6.92 Å². The number of benzene rings is 1. The van der Waals surface area contributed by atoms with Crippen LogP contribution in [0.1, 0.15) is 15.9 Å². The predicted octanol–water partition coefficient (Wildman–Crippen LogP) is 0.741. The molecule has 1 N–H and O–H groups in total. The van der Waals surface area contributed by atoms with Gasteiger partial charge in [-0.3, -0.25) is 24.2 Å². The van der Waals surface area contributed by atoms with Crippen LogP contribution >= 0.6 is 11.8 Å². The molecule has 1 heterocycles. The molecule has 0 aliphatic heterocycles. The number of hydrogen-bond acceptors (Lipinski definition) is 5. The highest BCUT2D eigenvalue weighted by Gasteiger charge is 2.07. The molecule has 2 aromatic rings. The zero-order valence-electron chi connectivity index (χ0n) is 10.3. The van der Waals surface area contributed by atoms with Crippen LogP contribution in [-0.2, 0) is 7.05 Å². The summed E-state index contributed by atoms with van der Waals surface area (Å²) in [5, 5.41) is 2.75. The Bertz CT molecular complexity index is 749. The van der Waals surface area contributed by atoms with E-state index in [1.54, 1.807) is 19.2 Å². The molecule has 19 heavy (non-hydrogen) atoms. The van der Waals surface area contributed by atoms with E-state index in [9.17, 15) is 14.4 Å². The van der Waals surface area contributed by atoms with Crippen molar-refractivity contribution in [1.82, 2.24) is 14.8 Å². The molecule has 7 heteroatoms. The summed E-state index contributed by atoms with van der Waals surface area (Å²) in [5.41, 5.74) is -0.108. The van der Waals surface area contributed by atoms with Gasteiger partial charge in [-0.25, -0.2) is 0 Å². The molecule has 98 valence electrons. The number of carbonyl (C=O) groups is 1. The lowest BCUT2D eigenvalue weighted by Gasteiger charge is -2.07. The number of nitrogens with zero attached hydrogens (tertiary/aromatic N) is 2. The highest BCUT2D eigenvalue weighted by Crippen LogP contribution is 2.25. The van der Waals surface area contributed by atoms with Gasteiger partial charge in [0.1, 0.15) is 6.29 Å². The van der Waals surface area contributed by atoms with Gasteiger partial charge >= 0.3 is 11.1 Å². The molecule has 0 spiro atoms. The molecule has 0 radical (unpaired) electrons. The topological polar surface area (TPSA) is 84.8 Å². The van der Waals surface area contributed by atoms with Crippen LogP contribution in [0.2, 0.25) is 0 Å². The highest BCUT2D eigenvalue weighted by molar-refractivity contribution is 7.99. The summed E-state index contributed by atoms with van der Waals surface area (Å²) in [6, 6.07) is 5.29. The van der Waals surface area contributed by atoms with E-state index in [2.05, 4.69) is 10.1 Å². The van der Waals surface area contributed by atoms with Gasteiger partial charge in [-0.1, -0.05) is 17.8 Å². The van der Waals surface area contributed by atoms with Crippen molar-refractivity contribution >= 4 is 18.0 Å². The van der Waals surface area contributed by atoms with E-state index in [0.717, 1.165) is 16.7 Å². The number of aryl methyl sites for hydroxylation is 2. The van der Waals surface area contributed by atoms with Crippen molar-refractivity contribution in [1.29, 1.82) is 0 Å². The van der Waals surface area contributed by atoms with E-state index >= 15 is 0 Å². The third-order valence-corrected chi connectivity index (χ3v) is 3.56. The summed E-state index contributed by atoms with van der Waals surface area (Å²) < 4.78 is 1.39. The van der Waals surface area contributed by atoms with E-state index in [1.807, 2.05) is 13.0 Å². The summed E-state index contributed by atoms with van der Waals surface area (Å²) in [4.78, 5) is 37.6. The van der Waals surface area contributed by atoms with Crippen LogP contribution in [0.3, 0.4) is 0 Å². The maximum absolute atomic E-state index is 11.2. The summed E-state index contributed by atoms with van der Waals surface area (Å²) in [5.74, 6) is 0. The minimum atomic E-state index is -0.818. The summed E-state index contributed by atoms with van der Waals surface area (Å²) in [6.45, 7) is 1.83. The van der Waals surface area contributed by atoms with Crippen molar-refractivity contribution in [3.63, 3.8) is 0 Å². The number of aldehydes is 1. The first-order valence-corrected chi connectivity index (χ1v) is 6.24. The molecule has 1 aromatic carbocycles. The van der Waals surface area contributed by atoms with Gasteiger partial charge in [0.15, 0.2) is 5.16 Å². The minimum absolute atomic E-state index is 0.378. The maximum Gasteiger partial charge on any atom is 0.339 e. The van der Waals surface area contributed by atoms with Crippen molar-refractivity contribution in [2.24, 2.45) is 7.05 Å². The van der Waals surface area contributed by atoms with Gasteiger partial charge in [0.2, 0.25) is 0 Å². The van der Waals surface area contributed by atoms with Crippen LogP contribution in [0.25, 0.3) is 0 Å². The van der Waals surface area contributed by atoms with E-state index in [-0.39, 0.29) is 0 Å². The molecule has 0 unspecified atom stereocenters. The minimum Gasteiger partial charge on any atom is -0.298 e. The fraction of sp³-hybridized carbons (Fsp3) is 0.167. The molecule has 0 saturated heterocycles. The summed E-state index contributed by atoms with van der Waals surface area (Å²) in [7, 11) is 1.60. The smallest absolute Gasteiger partial charge is 0.298 e. The molecule has 0 amide bonds. The van der Waals surface area contributed by atoms with Gasteiger partial charge in [-0.05, 0) is 24.6 Å². The predicted molar refractivity (Wildman–Crippen MR) is 70.8 cm³/mol. The van der Waals surface area contributed by atoms with Gasteiger partial charge in [-0.15, -0.1) is 0 Å². The van der Waals surface area contributed by atoms with E-state index < -0.39 is 11.1 Å². The van der Waals surface area contributed by atoms with E-state index in [0.29, 0.717) is 10.7 Å². The van der Waals surface area contributed by atoms with Crippen LogP contribution in [0.5, 0.6) is 0 Å². The number of hydrogen-bond donors (Lipinski definition) is 1. The number of carbonyl (C=O) groups excluding carboxylic acids is 1. The second-order valence-corrected chi connectivity index (χ2v) is 4.98. The lowest BCUT2D eigenvalue weighted by atomic mass is 10.1. The maximum atomic E-state index is 11.2. The monoisotopic (exact) mass is 277 g/mol. The van der Waals surface area contributed by atoms with Crippen LogP contribution in [0.4, 0.5) is 0 Å². The van der Waals surface area contributed by atoms with E-state index in [1.165, 1.54) is 16.4 Å². The SMILES string of the molecule is Cc1cc(Sc2nc(=O)c(=O)[nH]n2C)ccc1C=O. The lowest BCUT2D eigenvalue weighted by molar-refractivity contribution is 0.112. The Morgan fingerprint density at radius 1 is 1.37 bits per heavy atom. The number of nitrogens with one attached hydrogen (secondary N) is 1. The van der Waals surface area contributed by atoms with Gasteiger partial charge < -0.3 is 0 Å². The average Bonchev–Trinajstić information content (AvgIpc) is 2.36. The normalized spacial score (nSPS) is 10.4. The largest absolute Gasteiger partial charge is 0.339 e. The lowest BCUT2D eigenvalue weighted by Crippen LogP contribution is -2.33. The Labute approximate surface area is 112 Å². The second kappa shape index (κ2) is 5.23. The molecule has 0 aliphatic rings. The van der Waals surface area contributed by atoms with Crippen LogP contribution in [-0.4, -0.2) is 21.1 Å². The molecule has 0 fully saturated rings. The number of rotatable bonds is 3. The molecule has 1 aromatic heterocycles. The van der Waals surface area contributed by atoms with Crippen LogP contribution in [0.15, 0.2) is 37.8 Å². The quantitative estimate of drug-likeness (QED) is 0.660. The standard InChI is InChI=1S/C12H11N3O3S/c1-7-5-9(4-3-8(7)6-16)19-12-13-10(17)11(18)14-15(12)2/h3-6H,1-2H3,(H,14,18). The molecular weight excluding hydrogens is 266 g/mol. The summed E-state index contributed by atoms with van der Waals surface area (Å²) in [6.07, 6.45) is 0.789. The number of aromatic nitrogens is 3. The zero-order chi connectivity index (χ0) is 14.0. The zero-order valence-corrected chi connectivity index (χ0v) is 11.2. The molecule has 0 bridgehead atoms. The average molecular weight is 277 g/mol. The van der Waals surface area contributed by atoms with Crippen molar-refractivity contribution in [2.75, 3.05) is 0 Å². The molecule has 0 atom stereocenters. The van der Waals surface area contributed by atoms with Crippen molar-refractivity contribution in [3.05, 3.63) is 50.0 Å². The van der Waals surface area contributed by atoms with Gasteiger partial charge in [0, 0.05) is 17.5 Å². The highest BCUT2D eigenvalue weighted by atomic mass is 32.2. The molecule has 0 saturated carbocycles. The Morgan fingerprint density at radius 3 is 2.74 bits per heavy atom. The number of aromatic amines is 1. The van der Waals surface area contributed by atoms with Gasteiger partial charge in [0.05, 0.1) is 0 Å². The molecule has 2 rings (SSSR count). The fourth-order valence-corrected chi connectivity index (χ4v) is 2.39. The molecule has 6 nitrogen and oxygen atoms in total. The van der Waals surface area contributed by atoms with Crippen molar-refractivity contribution < 1.29 is 4.79 Å². The van der Waals surface area contributed by atoms with Gasteiger partial charge in [-0.2, -0.15) is 4.98 Å². The Hall–Kier alpha value is -2.15. The Balaban J connectivity index is 2.39. The van der Waals surface area contributed by atoms with E-state index in [4.69, 9.17) is 0 Å². The first-order valence-electron chi connectivity index (χ1n) is 5.42.